The average molecular weight is 293 g/mol. The molecule has 0 saturated heterocycles. The lowest BCUT2D eigenvalue weighted by Gasteiger charge is -2.26. The zero-order valence-corrected chi connectivity index (χ0v) is 12.6. The minimum absolute atomic E-state index is 0.366. The molecule has 1 fully saturated rings. The highest BCUT2D eigenvalue weighted by Gasteiger charge is 2.37. The largest absolute Gasteiger partial charge is 0.497 e. The van der Waals surface area contributed by atoms with E-state index < -0.39 is 11.5 Å². The Hall–Kier alpha value is -1.75. The van der Waals surface area contributed by atoms with Gasteiger partial charge in [0.05, 0.1) is 13.7 Å². The fraction of sp³-hybridized carbons (Fsp3) is 0.562. The van der Waals surface area contributed by atoms with E-state index in [1.807, 2.05) is 24.3 Å². The summed E-state index contributed by atoms with van der Waals surface area (Å²) in [6.45, 7) is 2.24. The van der Waals surface area contributed by atoms with Gasteiger partial charge in [0.2, 0.25) is 0 Å². The van der Waals surface area contributed by atoms with Gasteiger partial charge in [0.1, 0.15) is 17.0 Å². The Balaban J connectivity index is 1.77. The SMILES string of the molecule is COc1cccc(OCCCC(C)(NC2CC2)C(=O)O)c1. The van der Waals surface area contributed by atoms with Gasteiger partial charge < -0.3 is 14.6 Å². The Morgan fingerprint density at radius 2 is 2.14 bits per heavy atom. The molecule has 116 valence electrons. The number of nitrogens with one attached hydrogen (secondary N) is 1. The lowest BCUT2D eigenvalue weighted by molar-refractivity contribution is -0.144. The normalized spacial score (nSPS) is 17.0. The van der Waals surface area contributed by atoms with Crippen molar-refractivity contribution in [2.24, 2.45) is 0 Å². The van der Waals surface area contributed by atoms with Gasteiger partial charge in [-0.1, -0.05) is 6.07 Å². The quantitative estimate of drug-likeness (QED) is 0.685. The Morgan fingerprint density at radius 3 is 2.76 bits per heavy atom. The summed E-state index contributed by atoms with van der Waals surface area (Å²) in [6.07, 6.45) is 3.37. The number of carboxylic acids is 1. The molecule has 0 spiro atoms. The Kier molecular flexibility index (Phi) is 5.07. The van der Waals surface area contributed by atoms with E-state index in [2.05, 4.69) is 5.32 Å². The molecule has 1 aliphatic rings. The Morgan fingerprint density at radius 1 is 1.43 bits per heavy atom. The molecule has 0 bridgehead atoms. The van der Waals surface area contributed by atoms with E-state index in [0.29, 0.717) is 25.5 Å². The molecule has 1 saturated carbocycles. The molecule has 2 N–H and O–H groups in total. The van der Waals surface area contributed by atoms with Gasteiger partial charge in [-0.05, 0) is 44.7 Å². The van der Waals surface area contributed by atoms with Crippen LogP contribution in [0.3, 0.4) is 0 Å². The smallest absolute Gasteiger partial charge is 0.323 e. The molecule has 5 nitrogen and oxygen atoms in total. The van der Waals surface area contributed by atoms with Crippen molar-refractivity contribution in [1.82, 2.24) is 5.32 Å². The zero-order chi connectivity index (χ0) is 15.3. The summed E-state index contributed by atoms with van der Waals surface area (Å²) in [5.41, 5.74) is -0.862. The molecule has 0 radical (unpaired) electrons. The second-order valence-electron chi connectivity index (χ2n) is 5.69. The van der Waals surface area contributed by atoms with E-state index in [1.54, 1.807) is 14.0 Å². The van der Waals surface area contributed by atoms with Crippen LogP contribution in [0.5, 0.6) is 11.5 Å². The third-order valence-corrected chi connectivity index (χ3v) is 3.70. The van der Waals surface area contributed by atoms with Gasteiger partial charge in [0.15, 0.2) is 0 Å². The molecule has 5 heteroatoms. The molecule has 0 heterocycles. The average Bonchev–Trinajstić information content (AvgIpc) is 3.27. The molecule has 0 aliphatic heterocycles. The lowest BCUT2D eigenvalue weighted by Crippen LogP contribution is -2.50. The number of carboxylic acid groups (broad SMARTS) is 1. The van der Waals surface area contributed by atoms with Crippen LogP contribution in [0.25, 0.3) is 0 Å². The number of rotatable bonds is 9. The predicted molar refractivity (Wildman–Crippen MR) is 79.9 cm³/mol. The number of hydrogen-bond donors (Lipinski definition) is 2. The summed E-state index contributed by atoms with van der Waals surface area (Å²) >= 11 is 0. The molecule has 1 aliphatic carbocycles. The number of benzene rings is 1. The second-order valence-corrected chi connectivity index (χ2v) is 5.69. The first-order valence-electron chi connectivity index (χ1n) is 7.31. The van der Waals surface area contributed by atoms with Crippen LogP contribution in [0, 0.1) is 0 Å². The topological polar surface area (TPSA) is 67.8 Å². The van der Waals surface area contributed by atoms with Crippen molar-refractivity contribution < 1.29 is 19.4 Å². The third kappa shape index (κ3) is 4.63. The van der Waals surface area contributed by atoms with Gasteiger partial charge in [-0.3, -0.25) is 10.1 Å². The molecule has 0 aromatic heterocycles. The molecule has 0 amide bonds. The molecular weight excluding hydrogens is 270 g/mol. The van der Waals surface area contributed by atoms with Crippen molar-refractivity contribution in [2.45, 2.75) is 44.2 Å². The van der Waals surface area contributed by atoms with Crippen LogP contribution in [-0.4, -0.2) is 36.4 Å². The Labute approximate surface area is 125 Å². The predicted octanol–water partition coefficient (Wildman–Crippen LogP) is 2.45. The van der Waals surface area contributed by atoms with Crippen molar-refractivity contribution in [3.63, 3.8) is 0 Å². The van der Waals surface area contributed by atoms with Crippen LogP contribution < -0.4 is 14.8 Å². The summed E-state index contributed by atoms with van der Waals surface area (Å²) in [7, 11) is 1.61. The van der Waals surface area contributed by atoms with Crippen LogP contribution in [0.1, 0.15) is 32.6 Å². The standard InChI is InChI=1S/C16H23NO4/c1-16(15(18)19,17-12-7-8-12)9-4-10-21-14-6-3-5-13(11-14)20-2/h3,5-6,11-12,17H,4,7-10H2,1-2H3,(H,18,19). The van der Waals surface area contributed by atoms with Crippen molar-refractivity contribution in [3.05, 3.63) is 24.3 Å². The van der Waals surface area contributed by atoms with Gasteiger partial charge in [-0.2, -0.15) is 0 Å². The molecule has 1 atom stereocenters. The van der Waals surface area contributed by atoms with Crippen molar-refractivity contribution in [1.29, 1.82) is 0 Å². The number of aliphatic carboxylic acids is 1. The van der Waals surface area contributed by atoms with Gasteiger partial charge in [0, 0.05) is 12.1 Å². The first-order valence-corrected chi connectivity index (χ1v) is 7.31. The maximum atomic E-state index is 11.4. The van der Waals surface area contributed by atoms with Crippen LogP contribution in [0.2, 0.25) is 0 Å². The molecule has 1 unspecified atom stereocenters. The van der Waals surface area contributed by atoms with Crippen molar-refractivity contribution in [2.75, 3.05) is 13.7 Å². The summed E-state index contributed by atoms with van der Waals surface area (Å²) in [5.74, 6) is 0.690. The highest BCUT2D eigenvalue weighted by Crippen LogP contribution is 2.25. The second kappa shape index (κ2) is 6.80. The lowest BCUT2D eigenvalue weighted by atomic mass is 9.96. The fourth-order valence-electron chi connectivity index (χ4n) is 2.23. The molecule has 21 heavy (non-hydrogen) atoms. The van der Waals surface area contributed by atoms with Crippen molar-refractivity contribution >= 4 is 5.97 Å². The minimum Gasteiger partial charge on any atom is -0.497 e. The first kappa shape index (κ1) is 15.6. The van der Waals surface area contributed by atoms with Crippen LogP contribution in [-0.2, 0) is 4.79 Å². The maximum Gasteiger partial charge on any atom is 0.323 e. The van der Waals surface area contributed by atoms with Crippen LogP contribution in [0.4, 0.5) is 0 Å². The molecular formula is C16H23NO4. The summed E-state index contributed by atoms with van der Waals surface area (Å²) < 4.78 is 10.8. The monoisotopic (exact) mass is 293 g/mol. The van der Waals surface area contributed by atoms with Gasteiger partial charge >= 0.3 is 5.97 Å². The van der Waals surface area contributed by atoms with E-state index in [1.165, 1.54) is 0 Å². The highest BCUT2D eigenvalue weighted by atomic mass is 16.5. The number of hydrogen-bond acceptors (Lipinski definition) is 4. The van der Waals surface area contributed by atoms with Gasteiger partial charge in [0.25, 0.3) is 0 Å². The third-order valence-electron chi connectivity index (χ3n) is 3.70. The molecule has 1 aromatic rings. The minimum atomic E-state index is -0.862. The van der Waals surface area contributed by atoms with Crippen LogP contribution >= 0.6 is 0 Å². The Bertz CT molecular complexity index is 487. The molecule has 2 rings (SSSR count). The van der Waals surface area contributed by atoms with Gasteiger partial charge in [-0.15, -0.1) is 0 Å². The zero-order valence-electron chi connectivity index (χ0n) is 12.6. The first-order chi connectivity index (χ1) is 10.0. The number of carbonyl (C=O) groups is 1. The van der Waals surface area contributed by atoms with E-state index in [9.17, 15) is 9.90 Å². The van der Waals surface area contributed by atoms with E-state index in [-0.39, 0.29) is 0 Å². The van der Waals surface area contributed by atoms with E-state index >= 15 is 0 Å². The summed E-state index contributed by atoms with van der Waals surface area (Å²) in [5, 5.41) is 12.6. The van der Waals surface area contributed by atoms with E-state index in [4.69, 9.17) is 9.47 Å². The highest BCUT2D eigenvalue weighted by molar-refractivity contribution is 5.78. The fourth-order valence-corrected chi connectivity index (χ4v) is 2.23. The molecule has 1 aromatic carbocycles. The summed E-state index contributed by atoms with van der Waals surface area (Å²) in [4.78, 5) is 11.4. The number of ether oxygens (including phenoxy) is 2. The summed E-state index contributed by atoms with van der Waals surface area (Å²) in [6, 6.07) is 7.77. The number of methoxy groups -OCH3 is 1. The van der Waals surface area contributed by atoms with E-state index in [0.717, 1.165) is 24.3 Å². The van der Waals surface area contributed by atoms with Gasteiger partial charge in [-0.25, -0.2) is 0 Å². The van der Waals surface area contributed by atoms with Crippen LogP contribution in [0.15, 0.2) is 24.3 Å². The van der Waals surface area contributed by atoms with Crippen molar-refractivity contribution in [3.8, 4) is 11.5 Å². The maximum absolute atomic E-state index is 11.4.